The van der Waals surface area contributed by atoms with E-state index in [0.717, 1.165) is 6.42 Å². The molecule has 4 nitrogen and oxygen atoms in total. The molecule has 1 saturated heterocycles. The van der Waals surface area contributed by atoms with Crippen LogP contribution in [0.4, 0.5) is 0 Å². The minimum Gasteiger partial charge on any atom is -0.340 e. The maximum Gasteiger partial charge on any atom is 0.248 e. The van der Waals surface area contributed by atoms with Crippen molar-refractivity contribution in [2.75, 3.05) is 6.54 Å². The number of nitrogens with zero attached hydrogens (tertiary/aromatic N) is 1. The molecule has 0 aromatic carbocycles. The number of hydrogen-bond acceptors (Lipinski definition) is 2. The van der Waals surface area contributed by atoms with Gasteiger partial charge in [-0.1, -0.05) is 34.6 Å². The highest BCUT2D eigenvalue weighted by atomic mass is 16.2. The number of carbonyl (C=O) groups is 2. The van der Waals surface area contributed by atoms with Gasteiger partial charge in [0.25, 0.3) is 0 Å². The standard InChI is InChI=1S/C14H26N2O2/c1-6-9-16-11(10(4)5)12(17)15-14(7-2,8-3)13(16)18/h10-11H,6-9H2,1-5H3,(H,15,17). The maximum absolute atomic E-state index is 12.7. The first kappa shape index (κ1) is 15.0. The SMILES string of the molecule is CCCN1C(=O)C(CC)(CC)NC(=O)C1C(C)C. The zero-order valence-corrected chi connectivity index (χ0v) is 12.2. The summed E-state index contributed by atoms with van der Waals surface area (Å²) in [5, 5.41) is 2.97. The number of nitrogens with one attached hydrogen (secondary N) is 1. The first-order valence-electron chi connectivity index (χ1n) is 7.06. The van der Waals surface area contributed by atoms with Gasteiger partial charge in [0.15, 0.2) is 0 Å². The zero-order chi connectivity index (χ0) is 13.9. The van der Waals surface area contributed by atoms with Gasteiger partial charge in [-0.3, -0.25) is 9.59 Å². The van der Waals surface area contributed by atoms with Crippen LogP contribution in [0.25, 0.3) is 0 Å². The molecule has 0 spiro atoms. The highest BCUT2D eigenvalue weighted by Crippen LogP contribution is 2.27. The van der Waals surface area contributed by atoms with E-state index in [1.165, 1.54) is 0 Å². The summed E-state index contributed by atoms with van der Waals surface area (Å²) >= 11 is 0. The third-order valence-corrected chi connectivity index (χ3v) is 3.94. The van der Waals surface area contributed by atoms with Crippen molar-refractivity contribution in [2.24, 2.45) is 5.92 Å². The van der Waals surface area contributed by atoms with Gasteiger partial charge in [-0.15, -0.1) is 0 Å². The van der Waals surface area contributed by atoms with E-state index >= 15 is 0 Å². The van der Waals surface area contributed by atoms with Gasteiger partial charge in [0, 0.05) is 6.54 Å². The second kappa shape index (κ2) is 5.72. The monoisotopic (exact) mass is 254 g/mol. The van der Waals surface area contributed by atoms with E-state index in [0.29, 0.717) is 19.4 Å². The van der Waals surface area contributed by atoms with Crippen LogP contribution >= 0.6 is 0 Å². The van der Waals surface area contributed by atoms with Crippen LogP contribution in [0.5, 0.6) is 0 Å². The van der Waals surface area contributed by atoms with Crippen LogP contribution in [0.2, 0.25) is 0 Å². The summed E-state index contributed by atoms with van der Waals surface area (Å²) in [7, 11) is 0. The summed E-state index contributed by atoms with van der Waals surface area (Å²) in [5.74, 6) is 0.238. The van der Waals surface area contributed by atoms with Crippen molar-refractivity contribution in [3.05, 3.63) is 0 Å². The molecule has 1 atom stereocenters. The Kier molecular flexibility index (Phi) is 4.77. The van der Waals surface area contributed by atoms with Crippen LogP contribution in [0, 0.1) is 5.92 Å². The van der Waals surface area contributed by atoms with Gasteiger partial charge in [-0.2, -0.15) is 0 Å². The fourth-order valence-corrected chi connectivity index (χ4v) is 2.78. The highest BCUT2D eigenvalue weighted by molar-refractivity contribution is 5.99. The highest BCUT2D eigenvalue weighted by Gasteiger charge is 2.49. The number of piperazine rings is 1. The molecule has 0 saturated carbocycles. The Hall–Kier alpha value is -1.06. The van der Waals surface area contributed by atoms with Gasteiger partial charge >= 0.3 is 0 Å². The van der Waals surface area contributed by atoms with Gasteiger partial charge in [-0.05, 0) is 25.2 Å². The molecule has 2 amide bonds. The number of hydrogen-bond donors (Lipinski definition) is 1. The molecule has 18 heavy (non-hydrogen) atoms. The summed E-state index contributed by atoms with van der Waals surface area (Å²) in [4.78, 5) is 26.8. The van der Waals surface area contributed by atoms with Crippen LogP contribution in [0.15, 0.2) is 0 Å². The van der Waals surface area contributed by atoms with E-state index in [2.05, 4.69) is 5.32 Å². The molecule has 0 aromatic heterocycles. The summed E-state index contributed by atoms with van der Waals surface area (Å²) in [6, 6.07) is -0.316. The molecule has 0 radical (unpaired) electrons. The Labute approximate surface area is 110 Å². The second-order valence-corrected chi connectivity index (χ2v) is 5.47. The maximum atomic E-state index is 12.7. The minimum atomic E-state index is -0.683. The molecule has 1 aliphatic rings. The first-order chi connectivity index (χ1) is 8.43. The second-order valence-electron chi connectivity index (χ2n) is 5.47. The summed E-state index contributed by atoms with van der Waals surface area (Å²) in [5.41, 5.74) is -0.683. The molecular weight excluding hydrogens is 228 g/mol. The number of carbonyl (C=O) groups excluding carboxylic acids is 2. The lowest BCUT2D eigenvalue weighted by molar-refractivity contribution is -0.157. The van der Waals surface area contributed by atoms with Crippen LogP contribution in [-0.2, 0) is 9.59 Å². The Balaban J connectivity index is 3.11. The third kappa shape index (κ3) is 2.38. The van der Waals surface area contributed by atoms with Crippen LogP contribution in [-0.4, -0.2) is 34.8 Å². The molecule has 1 N–H and O–H groups in total. The van der Waals surface area contributed by atoms with Gasteiger partial charge in [0.1, 0.15) is 11.6 Å². The quantitative estimate of drug-likeness (QED) is 0.815. The predicted molar refractivity (Wildman–Crippen MR) is 72.1 cm³/mol. The third-order valence-electron chi connectivity index (χ3n) is 3.94. The molecule has 1 fully saturated rings. The molecule has 0 bridgehead atoms. The Morgan fingerprint density at radius 2 is 1.78 bits per heavy atom. The van der Waals surface area contributed by atoms with Crippen LogP contribution < -0.4 is 5.32 Å². The topological polar surface area (TPSA) is 49.4 Å². The van der Waals surface area contributed by atoms with Gasteiger partial charge in [-0.25, -0.2) is 0 Å². The molecule has 0 aromatic rings. The van der Waals surface area contributed by atoms with E-state index in [9.17, 15) is 9.59 Å². The average Bonchev–Trinajstić information content (AvgIpc) is 2.33. The average molecular weight is 254 g/mol. The zero-order valence-electron chi connectivity index (χ0n) is 12.2. The molecule has 4 heteroatoms. The fourth-order valence-electron chi connectivity index (χ4n) is 2.78. The lowest BCUT2D eigenvalue weighted by atomic mass is 9.85. The van der Waals surface area contributed by atoms with Crippen molar-refractivity contribution in [3.8, 4) is 0 Å². The van der Waals surface area contributed by atoms with Crippen molar-refractivity contribution < 1.29 is 9.59 Å². The molecule has 1 heterocycles. The largest absolute Gasteiger partial charge is 0.340 e. The van der Waals surface area contributed by atoms with Crippen LogP contribution in [0.1, 0.15) is 53.9 Å². The van der Waals surface area contributed by atoms with E-state index in [1.807, 2.05) is 34.6 Å². The Morgan fingerprint density at radius 3 is 2.17 bits per heavy atom. The molecule has 1 aliphatic heterocycles. The molecule has 1 rings (SSSR count). The minimum absolute atomic E-state index is 0.00162. The van der Waals surface area contributed by atoms with Crippen molar-refractivity contribution in [3.63, 3.8) is 0 Å². The van der Waals surface area contributed by atoms with E-state index < -0.39 is 5.54 Å². The van der Waals surface area contributed by atoms with Crippen molar-refractivity contribution in [1.29, 1.82) is 0 Å². The molecular formula is C14H26N2O2. The first-order valence-corrected chi connectivity index (χ1v) is 7.06. The lowest BCUT2D eigenvalue weighted by Crippen LogP contribution is -2.71. The van der Waals surface area contributed by atoms with E-state index in [-0.39, 0.29) is 23.8 Å². The van der Waals surface area contributed by atoms with Gasteiger partial charge in [0.05, 0.1) is 0 Å². The number of rotatable bonds is 5. The van der Waals surface area contributed by atoms with E-state index in [4.69, 9.17) is 0 Å². The smallest absolute Gasteiger partial charge is 0.248 e. The summed E-state index contributed by atoms with van der Waals surface area (Å²) in [6.07, 6.45) is 2.18. The van der Waals surface area contributed by atoms with Gasteiger partial charge in [0.2, 0.25) is 11.8 Å². The number of amides is 2. The van der Waals surface area contributed by atoms with Crippen molar-refractivity contribution in [1.82, 2.24) is 10.2 Å². The lowest BCUT2D eigenvalue weighted by Gasteiger charge is -2.46. The Morgan fingerprint density at radius 1 is 1.22 bits per heavy atom. The predicted octanol–water partition coefficient (Wildman–Crippen LogP) is 1.94. The van der Waals surface area contributed by atoms with Crippen LogP contribution in [0.3, 0.4) is 0 Å². The Bertz CT molecular complexity index is 322. The normalized spacial score (nSPS) is 23.4. The molecule has 0 aliphatic carbocycles. The van der Waals surface area contributed by atoms with E-state index in [1.54, 1.807) is 4.90 Å². The summed E-state index contributed by atoms with van der Waals surface area (Å²) < 4.78 is 0. The fraction of sp³-hybridized carbons (Fsp3) is 0.857. The molecule has 104 valence electrons. The molecule has 1 unspecified atom stereocenters. The van der Waals surface area contributed by atoms with Crippen molar-refractivity contribution in [2.45, 2.75) is 65.5 Å². The van der Waals surface area contributed by atoms with Gasteiger partial charge < -0.3 is 10.2 Å². The van der Waals surface area contributed by atoms with Crippen molar-refractivity contribution >= 4 is 11.8 Å². The summed E-state index contributed by atoms with van der Waals surface area (Å²) in [6.45, 7) is 10.6.